The van der Waals surface area contributed by atoms with Crippen LogP contribution in [-0.2, 0) is 4.79 Å². The molecule has 0 aromatic carbocycles. The smallest absolute Gasteiger partial charge is 0.451 e. The summed E-state index contributed by atoms with van der Waals surface area (Å²) in [5, 5.41) is 26.8. The highest BCUT2D eigenvalue weighted by atomic mass is 35.5. The minimum absolute atomic E-state index is 0. The first-order valence-corrected chi connectivity index (χ1v) is 5.98. The molecule has 1 fully saturated rings. The Bertz CT molecular complexity index is 286. The maximum atomic E-state index is 11.2. The monoisotopic (exact) mass is 316 g/mol. The molecular weight excluding hydrogens is 294 g/mol. The number of carboxylic acids is 1. The number of rotatable bonds is 5. The maximum Gasteiger partial charge on any atom is 0.451 e. The molecule has 0 aliphatic heterocycles. The van der Waals surface area contributed by atoms with Crippen molar-refractivity contribution in [3.63, 3.8) is 0 Å². The van der Waals surface area contributed by atoms with Crippen molar-refractivity contribution in [2.45, 2.75) is 37.5 Å². The van der Waals surface area contributed by atoms with Gasteiger partial charge in [-0.3, -0.25) is 4.79 Å². The average molecular weight is 317 g/mol. The van der Waals surface area contributed by atoms with Gasteiger partial charge in [0.1, 0.15) is 5.54 Å². The van der Waals surface area contributed by atoms with Crippen molar-refractivity contribution in [2.75, 3.05) is 6.54 Å². The van der Waals surface area contributed by atoms with E-state index in [1.165, 1.54) is 0 Å². The maximum absolute atomic E-state index is 11.2. The van der Waals surface area contributed by atoms with Crippen molar-refractivity contribution in [1.29, 1.82) is 0 Å². The van der Waals surface area contributed by atoms with Gasteiger partial charge in [-0.25, -0.2) is 0 Å². The molecule has 0 aromatic rings. The summed E-state index contributed by atoms with van der Waals surface area (Å²) in [6.07, 6.45) is 2.73. The van der Waals surface area contributed by atoms with E-state index in [1.54, 1.807) is 0 Å². The molecular formula is C10H23BCl2N2O4. The second-order valence-corrected chi connectivity index (χ2v) is 4.98. The van der Waals surface area contributed by atoms with Crippen LogP contribution in [0.2, 0.25) is 6.32 Å². The molecule has 6 nitrogen and oxygen atoms in total. The van der Waals surface area contributed by atoms with E-state index in [0.29, 0.717) is 19.3 Å². The molecule has 19 heavy (non-hydrogen) atoms. The molecule has 0 radical (unpaired) electrons. The zero-order valence-electron chi connectivity index (χ0n) is 10.7. The van der Waals surface area contributed by atoms with Gasteiger partial charge in [0, 0.05) is 0 Å². The number of halogens is 2. The van der Waals surface area contributed by atoms with Crippen molar-refractivity contribution in [3.05, 3.63) is 0 Å². The average Bonchev–Trinajstić information content (AvgIpc) is 2.26. The lowest BCUT2D eigenvalue weighted by Gasteiger charge is -2.41. The third-order valence-electron chi connectivity index (χ3n) is 3.79. The first-order chi connectivity index (χ1) is 7.90. The summed E-state index contributed by atoms with van der Waals surface area (Å²) in [7, 11) is -1.33. The van der Waals surface area contributed by atoms with Gasteiger partial charge in [0.15, 0.2) is 0 Å². The highest BCUT2D eigenvalue weighted by molar-refractivity contribution is 6.40. The predicted octanol–water partition coefficient (Wildman–Crippen LogP) is -0.150. The van der Waals surface area contributed by atoms with E-state index < -0.39 is 18.6 Å². The van der Waals surface area contributed by atoms with Crippen LogP contribution in [0.25, 0.3) is 0 Å². The van der Waals surface area contributed by atoms with E-state index in [0.717, 1.165) is 6.42 Å². The molecule has 1 aliphatic rings. The highest BCUT2D eigenvalue weighted by Crippen LogP contribution is 2.37. The fraction of sp³-hybridized carbons (Fsp3) is 0.900. The molecule has 0 amide bonds. The van der Waals surface area contributed by atoms with E-state index >= 15 is 0 Å². The quantitative estimate of drug-likeness (QED) is 0.448. The number of aliphatic carboxylic acids is 1. The summed E-state index contributed by atoms with van der Waals surface area (Å²) in [5.74, 6) is -1.09. The molecule has 114 valence electrons. The van der Waals surface area contributed by atoms with Crippen LogP contribution in [0.4, 0.5) is 0 Å². The van der Waals surface area contributed by atoms with Crippen LogP contribution < -0.4 is 11.5 Å². The van der Waals surface area contributed by atoms with Crippen LogP contribution in [0.1, 0.15) is 25.7 Å². The Morgan fingerprint density at radius 2 is 1.89 bits per heavy atom. The standard InChI is InChI=1S/C10H21BN2O4.2ClH/c12-6-8-2-1-7(3-4-11(16)17)5-10(8,13)9(14)15;;/h7-8,16-17H,1-6,12-13H2,(H,14,15);2*1H. The van der Waals surface area contributed by atoms with Crippen LogP contribution >= 0.6 is 24.8 Å². The van der Waals surface area contributed by atoms with E-state index in [4.69, 9.17) is 21.5 Å². The Hall–Kier alpha value is -0.0451. The lowest BCUT2D eigenvalue weighted by molar-refractivity contribution is -0.147. The van der Waals surface area contributed by atoms with Crippen molar-refractivity contribution in [3.8, 4) is 0 Å². The summed E-state index contributed by atoms with van der Waals surface area (Å²) in [4.78, 5) is 11.2. The normalized spacial score (nSPS) is 29.9. The summed E-state index contributed by atoms with van der Waals surface area (Å²) in [5.41, 5.74) is 10.2. The van der Waals surface area contributed by atoms with E-state index in [9.17, 15) is 9.90 Å². The van der Waals surface area contributed by atoms with Gasteiger partial charge in [0.2, 0.25) is 0 Å². The molecule has 1 rings (SSSR count). The number of hydrogen-bond acceptors (Lipinski definition) is 5. The minimum atomic E-state index is -1.33. The lowest BCUT2D eigenvalue weighted by Crippen LogP contribution is -2.59. The molecule has 1 aliphatic carbocycles. The molecule has 0 bridgehead atoms. The predicted molar refractivity (Wildman–Crippen MR) is 78.6 cm³/mol. The Morgan fingerprint density at radius 1 is 1.32 bits per heavy atom. The number of nitrogens with two attached hydrogens (primary N) is 2. The van der Waals surface area contributed by atoms with Crippen molar-refractivity contribution < 1.29 is 19.9 Å². The molecule has 3 unspecified atom stereocenters. The SMILES string of the molecule is Cl.Cl.NCC1CCC(CCB(O)O)CC1(N)C(=O)O. The van der Waals surface area contributed by atoms with Gasteiger partial charge in [0.25, 0.3) is 0 Å². The zero-order valence-corrected chi connectivity index (χ0v) is 12.3. The van der Waals surface area contributed by atoms with E-state index in [-0.39, 0.29) is 49.5 Å². The van der Waals surface area contributed by atoms with Gasteiger partial charge in [-0.15, -0.1) is 24.8 Å². The molecule has 0 aromatic heterocycles. The van der Waals surface area contributed by atoms with Gasteiger partial charge < -0.3 is 26.6 Å². The van der Waals surface area contributed by atoms with Crippen molar-refractivity contribution >= 4 is 37.9 Å². The largest absolute Gasteiger partial charge is 0.480 e. The lowest BCUT2D eigenvalue weighted by atomic mass is 9.66. The van der Waals surface area contributed by atoms with Crippen molar-refractivity contribution in [2.24, 2.45) is 23.3 Å². The summed E-state index contributed by atoms with van der Waals surface area (Å²) in [6.45, 7) is 0.276. The van der Waals surface area contributed by atoms with Crippen LogP contribution in [0.5, 0.6) is 0 Å². The number of hydrogen-bond donors (Lipinski definition) is 5. The first kappa shape index (κ1) is 21.3. The molecule has 9 heteroatoms. The molecule has 7 N–H and O–H groups in total. The van der Waals surface area contributed by atoms with E-state index in [2.05, 4.69) is 0 Å². The third kappa shape index (κ3) is 5.45. The second-order valence-electron chi connectivity index (χ2n) is 4.98. The van der Waals surface area contributed by atoms with Gasteiger partial charge in [-0.1, -0.05) is 6.42 Å². The topological polar surface area (TPSA) is 130 Å². The Kier molecular flexibility index (Phi) is 10.1. The number of carbonyl (C=O) groups is 1. The third-order valence-corrected chi connectivity index (χ3v) is 3.79. The molecule has 0 heterocycles. The van der Waals surface area contributed by atoms with Crippen molar-refractivity contribution in [1.82, 2.24) is 0 Å². The summed E-state index contributed by atoms with van der Waals surface area (Å²) < 4.78 is 0. The fourth-order valence-corrected chi connectivity index (χ4v) is 2.66. The molecule has 0 saturated heterocycles. The van der Waals surface area contributed by atoms with Crippen LogP contribution in [0, 0.1) is 11.8 Å². The van der Waals surface area contributed by atoms with Gasteiger partial charge in [-0.05, 0) is 44.0 Å². The van der Waals surface area contributed by atoms with Gasteiger partial charge in [0.05, 0.1) is 0 Å². The molecule has 3 atom stereocenters. The Balaban J connectivity index is 0. The first-order valence-electron chi connectivity index (χ1n) is 5.98. The van der Waals surface area contributed by atoms with Gasteiger partial charge in [-0.2, -0.15) is 0 Å². The van der Waals surface area contributed by atoms with E-state index in [1.807, 2.05) is 0 Å². The zero-order chi connectivity index (χ0) is 13.1. The van der Waals surface area contributed by atoms with Crippen LogP contribution in [0.3, 0.4) is 0 Å². The van der Waals surface area contributed by atoms with Crippen LogP contribution in [-0.4, -0.2) is 40.3 Å². The molecule has 1 saturated carbocycles. The summed E-state index contributed by atoms with van der Waals surface area (Å²) in [6, 6.07) is 0. The molecule has 0 spiro atoms. The Labute approximate surface area is 125 Å². The Morgan fingerprint density at radius 3 is 2.32 bits per heavy atom. The minimum Gasteiger partial charge on any atom is -0.480 e. The second kappa shape index (κ2) is 8.99. The highest BCUT2D eigenvalue weighted by Gasteiger charge is 2.46. The van der Waals surface area contributed by atoms with Crippen LogP contribution in [0.15, 0.2) is 0 Å². The number of carboxylic acid groups (broad SMARTS) is 1. The van der Waals surface area contributed by atoms with Gasteiger partial charge >= 0.3 is 13.1 Å². The summed E-state index contributed by atoms with van der Waals surface area (Å²) >= 11 is 0. The fourth-order valence-electron chi connectivity index (χ4n) is 2.66.